The molecule has 43 heavy (non-hydrogen) atoms. The molecule has 1 fully saturated rings. The Hall–Kier alpha value is -4.95. The number of carbonyl (C=O) groups is 1. The van der Waals surface area contributed by atoms with Crippen LogP contribution in [-0.4, -0.2) is 43.5 Å². The highest BCUT2D eigenvalue weighted by Crippen LogP contribution is 2.34. The minimum atomic E-state index is -0.353. The van der Waals surface area contributed by atoms with Gasteiger partial charge in [0.25, 0.3) is 0 Å². The highest BCUT2D eigenvalue weighted by atomic mass is 19.1. The first-order valence-electron chi connectivity index (χ1n) is 14.6. The Balaban J connectivity index is 1.09. The second-order valence-electron chi connectivity index (χ2n) is 11.2. The van der Waals surface area contributed by atoms with Crippen LogP contribution in [0.4, 0.5) is 10.1 Å². The Bertz CT molecular complexity index is 1930. The summed E-state index contributed by atoms with van der Waals surface area (Å²) in [4.78, 5) is 24.9. The Labute approximate surface area is 249 Å². The molecule has 214 valence electrons. The summed E-state index contributed by atoms with van der Waals surface area (Å²) in [6.45, 7) is 4.44. The van der Waals surface area contributed by atoms with E-state index in [1.165, 1.54) is 17.7 Å². The standard InChI is InChI=1S/C35H31FN6O/c1-23-18-32-37-21-28-19-31(25-6-3-2-4-7-25)33(39-34(28)42(32)40-23)26-12-10-24(11-13-26)22-41-16-14-27(15-17-41)35(43)38-30-9-5-8-29(36)20-30/h2-13,18-21,27H,14-17,22H2,1H3,(H,38,43). The van der Waals surface area contributed by atoms with Crippen molar-refractivity contribution in [3.63, 3.8) is 0 Å². The number of nitrogens with one attached hydrogen (secondary N) is 1. The smallest absolute Gasteiger partial charge is 0.227 e. The highest BCUT2D eigenvalue weighted by molar-refractivity contribution is 5.93. The fourth-order valence-electron chi connectivity index (χ4n) is 5.90. The van der Waals surface area contributed by atoms with Crippen LogP contribution >= 0.6 is 0 Å². The number of carbonyl (C=O) groups excluding carboxylic acids is 1. The van der Waals surface area contributed by atoms with Crippen LogP contribution in [0.2, 0.25) is 0 Å². The predicted molar refractivity (Wildman–Crippen MR) is 167 cm³/mol. The molecule has 0 unspecified atom stereocenters. The van der Waals surface area contributed by atoms with Gasteiger partial charge >= 0.3 is 0 Å². The number of hydrogen-bond acceptors (Lipinski definition) is 5. The zero-order valence-electron chi connectivity index (χ0n) is 23.9. The molecule has 7 nitrogen and oxygen atoms in total. The van der Waals surface area contributed by atoms with Gasteiger partial charge in [-0.25, -0.2) is 14.4 Å². The Morgan fingerprint density at radius 3 is 2.49 bits per heavy atom. The first-order valence-corrected chi connectivity index (χ1v) is 14.6. The SMILES string of the molecule is Cc1cc2ncc3cc(-c4ccccc4)c(-c4ccc(CN5CCC(C(=O)Nc6cccc(F)c6)CC5)cc4)nc3n2n1. The molecule has 0 aliphatic carbocycles. The van der Waals surface area contributed by atoms with Gasteiger partial charge in [-0.2, -0.15) is 9.61 Å². The van der Waals surface area contributed by atoms with E-state index in [0.29, 0.717) is 5.69 Å². The number of piperidine rings is 1. The lowest BCUT2D eigenvalue weighted by Crippen LogP contribution is -2.37. The Morgan fingerprint density at radius 1 is 0.930 bits per heavy atom. The van der Waals surface area contributed by atoms with Crippen molar-refractivity contribution in [2.75, 3.05) is 18.4 Å². The van der Waals surface area contributed by atoms with E-state index < -0.39 is 0 Å². The van der Waals surface area contributed by atoms with Crippen LogP contribution in [0.25, 0.3) is 39.1 Å². The fourth-order valence-corrected chi connectivity index (χ4v) is 5.90. The molecule has 0 atom stereocenters. The first kappa shape index (κ1) is 26.9. The normalized spacial score (nSPS) is 14.4. The van der Waals surface area contributed by atoms with Crippen molar-refractivity contribution in [1.82, 2.24) is 24.5 Å². The molecule has 0 bridgehead atoms. The third-order valence-electron chi connectivity index (χ3n) is 8.15. The molecule has 0 saturated carbocycles. The van der Waals surface area contributed by atoms with Gasteiger partial charge in [0.05, 0.1) is 11.4 Å². The number of aromatic nitrogens is 4. The lowest BCUT2D eigenvalue weighted by atomic mass is 9.95. The van der Waals surface area contributed by atoms with Crippen LogP contribution in [0, 0.1) is 18.7 Å². The average molecular weight is 571 g/mol. The van der Waals surface area contributed by atoms with Crippen molar-refractivity contribution in [3.8, 4) is 22.4 Å². The van der Waals surface area contributed by atoms with Gasteiger partial charge in [0, 0.05) is 46.9 Å². The Kier molecular flexibility index (Phi) is 7.12. The Morgan fingerprint density at radius 2 is 1.72 bits per heavy atom. The van der Waals surface area contributed by atoms with E-state index in [1.54, 1.807) is 12.1 Å². The number of aryl methyl sites for hydroxylation is 1. The van der Waals surface area contributed by atoms with Crippen molar-refractivity contribution in [2.24, 2.45) is 5.92 Å². The summed E-state index contributed by atoms with van der Waals surface area (Å²) < 4.78 is 15.3. The number of fused-ring (bicyclic) bond motifs is 3. The van der Waals surface area contributed by atoms with Crippen molar-refractivity contribution in [1.29, 1.82) is 0 Å². The lowest BCUT2D eigenvalue weighted by Gasteiger charge is -2.31. The number of halogens is 1. The number of anilines is 1. The maximum absolute atomic E-state index is 13.5. The molecule has 1 aliphatic heterocycles. The van der Waals surface area contributed by atoms with E-state index in [0.717, 1.165) is 77.2 Å². The maximum Gasteiger partial charge on any atom is 0.227 e. The number of nitrogens with zero attached hydrogens (tertiary/aromatic N) is 5. The molecule has 1 saturated heterocycles. The minimum absolute atomic E-state index is 0.0370. The quantitative estimate of drug-likeness (QED) is 0.236. The van der Waals surface area contributed by atoms with Gasteiger partial charge in [0.2, 0.25) is 5.91 Å². The van der Waals surface area contributed by atoms with E-state index in [2.05, 4.69) is 62.8 Å². The molecule has 0 radical (unpaired) electrons. The van der Waals surface area contributed by atoms with Gasteiger partial charge in [-0.3, -0.25) is 9.69 Å². The molecule has 7 rings (SSSR count). The molecular weight excluding hydrogens is 539 g/mol. The summed E-state index contributed by atoms with van der Waals surface area (Å²) in [5.74, 6) is -0.462. The zero-order chi connectivity index (χ0) is 29.3. The van der Waals surface area contributed by atoms with E-state index in [1.807, 2.05) is 41.9 Å². The van der Waals surface area contributed by atoms with Crippen LogP contribution in [-0.2, 0) is 11.3 Å². The van der Waals surface area contributed by atoms with E-state index in [9.17, 15) is 9.18 Å². The summed E-state index contributed by atoms with van der Waals surface area (Å²) >= 11 is 0. The van der Waals surface area contributed by atoms with Crippen LogP contribution in [0.1, 0.15) is 24.1 Å². The largest absolute Gasteiger partial charge is 0.326 e. The van der Waals surface area contributed by atoms with Crippen molar-refractivity contribution in [3.05, 3.63) is 114 Å². The number of benzene rings is 3. The maximum atomic E-state index is 13.5. The number of hydrogen-bond donors (Lipinski definition) is 1. The zero-order valence-corrected chi connectivity index (χ0v) is 23.9. The number of amides is 1. The second-order valence-corrected chi connectivity index (χ2v) is 11.2. The lowest BCUT2D eigenvalue weighted by molar-refractivity contribution is -0.121. The molecule has 1 amide bonds. The number of rotatable bonds is 6. The number of pyridine rings is 1. The van der Waals surface area contributed by atoms with Crippen molar-refractivity contribution < 1.29 is 9.18 Å². The monoisotopic (exact) mass is 570 g/mol. The molecule has 0 spiro atoms. The summed E-state index contributed by atoms with van der Waals surface area (Å²) in [6.07, 6.45) is 3.42. The molecule has 8 heteroatoms. The van der Waals surface area contributed by atoms with Gasteiger partial charge in [-0.1, -0.05) is 60.7 Å². The molecule has 3 aromatic carbocycles. The van der Waals surface area contributed by atoms with Crippen LogP contribution in [0.3, 0.4) is 0 Å². The highest BCUT2D eigenvalue weighted by Gasteiger charge is 2.25. The molecule has 4 heterocycles. The number of likely N-dealkylation sites (tertiary alicyclic amines) is 1. The first-order chi connectivity index (χ1) is 21.0. The molecule has 6 aromatic rings. The van der Waals surface area contributed by atoms with Gasteiger partial charge in [-0.15, -0.1) is 0 Å². The fraction of sp³-hybridized carbons (Fsp3) is 0.200. The van der Waals surface area contributed by atoms with Gasteiger partial charge < -0.3 is 5.32 Å². The predicted octanol–water partition coefficient (Wildman–Crippen LogP) is 6.91. The molecular formula is C35H31FN6O. The third-order valence-corrected chi connectivity index (χ3v) is 8.15. The van der Waals surface area contributed by atoms with Crippen LogP contribution < -0.4 is 5.32 Å². The van der Waals surface area contributed by atoms with Crippen LogP contribution in [0.5, 0.6) is 0 Å². The summed E-state index contributed by atoms with van der Waals surface area (Å²) in [5.41, 5.74) is 8.25. The van der Waals surface area contributed by atoms with Gasteiger partial charge in [-0.05, 0) is 68.2 Å². The van der Waals surface area contributed by atoms with E-state index in [4.69, 9.17) is 4.98 Å². The van der Waals surface area contributed by atoms with Gasteiger partial charge in [0.15, 0.2) is 11.3 Å². The molecule has 1 aliphatic rings. The molecule has 3 aromatic heterocycles. The van der Waals surface area contributed by atoms with E-state index in [-0.39, 0.29) is 17.6 Å². The topological polar surface area (TPSA) is 75.4 Å². The van der Waals surface area contributed by atoms with Crippen molar-refractivity contribution >= 4 is 28.3 Å². The molecule has 1 N–H and O–H groups in total. The minimum Gasteiger partial charge on any atom is -0.326 e. The summed E-state index contributed by atoms with van der Waals surface area (Å²) in [7, 11) is 0. The summed E-state index contributed by atoms with van der Waals surface area (Å²) in [5, 5.41) is 8.44. The van der Waals surface area contributed by atoms with Gasteiger partial charge in [0.1, 0.15) is 5.82 Å². The second kappa shape index (κ2) is 11.4. The van der Waals surface area contributed by atoms with Crippen molar-refractivity contribution in [2.45, 2.75) is 26.3 Å². The summed E-state index contributed by atoms with van der Waals surface area (Å²) in [6, 6.07) is 29.1. The van der Waals surface area contributed by atoms with E-state index >= 15 is 0 Å². The third kappa shape index (κ3) is 5.61. The van der Waals surface area contributed by atoms with Crippen LogP contribution in [0.15, 0.2) is 97.2 Å². The average Bonchev–Trinajstić information content (AvgIpc) is 3.42.